The molecule has 182 valence electrons. The number of furan rings is 1. The molecule has 0 saturated carbocycles. The predicted molar refractivity (Wildman–Crippen MR) is 129 cm³/mol. The van der Waals surface area contributed by atoms with Gasteiger partial charge in [0.15, 0.2) is 0 Å². The van der Waals surface area contributed by atoms with Gasteiger partial charge in [-0.15, -0.1) is 0 Å². The number of nitrogens with zero attached hydrogens (tertiary/aromatic N) is 4. The molecule has 1 atom stereocenters. The minimum atomic E-state index is -0.664. The molecule has 0 radical (unpaired) electrons. The quantitative estimate of drug-likeness (QED) is 0.511. The maximum absolute atomic E-state index is 13.4. The number of carbonyl (C=O) groups excluding carboxylic acids is 3. The van der Waals surface area contributed by atoms with E-state index in [2.05, 4.69) is 10.3 Å². The van der Waals surface area contributed by atoms with Gasteiger partial charge in [0, 0.05) is 11.8 Å². The summed E-state index contributed by atoms with van der Waals surface area (Å²) in [5, 5.41) is 2.72. The fourth-order valence-electron chi connectivity index (χ4n) is 4.39. The van der Waals surface area contributed by atoms with Gasteiger partial charge in [0.05, 0.1) is 24.9 Å². The maximum Gasteiger partial charge on any atom is 0.501 e. The summed E-state index contributed by atoms with van der Waals surface area (Å²) in [4.78, 5) is 57.3. The second-order valence-electron chi connectivity index (χ2n) is 8.56. The lowest BCUT2D eigenvalue weighted by molar-refractivity contribution is -0.457. The van der Waals surface area contributed by atoms with Crippen LogP contribution < -0.4 is 10.9 Å². The molecule has 10 nitrogen and oxygen atoms in total. The molecule has 0 bridgehead atoms. The van der Waals surface area contributed by atoms with E-state index in [0.29, 0.717) is 22.8 Å². The largest absolute Gasteiger partial charge is 0.501 e. The normalized spacial score (nSPS) is 17.1. The Hall–Kier alpha value is -4.60. The number of allylic oxidation sites excluding steroid dienone is 3. The van der Waals surface area contributed by atoms with Crippen LogP contribution in [0.15, 0.2) is 76.2 Å². The molecule has 0 fully saturated rings. The molecular weight excluding hydrogens is 462 g/mol. The average Bonchev–Trinajstić information content (AvgIpc) is 3.39. The summed E-state index contributed by atoms with van der Waals surface area (Å²) in [6, 6.07) is 9.66. The van der Waals surface area contributed by atoms with Crippen molar-refractivity contribution < 1.29 is 23.4 Å². The second-order valence-corrected chi connectivity index (χ2v) is 8.56. The standard InChI is InChI=1S/C26H23N5O5/c1-17-6-4-10-22-28-18(14-24(33)31(17)22)16-30-21-9-3-2-8-20(21)25(34)29(26(30)35)12-11-23(32)27-15-19-7-5-13-36-19/h2-10,13-14,20H,11-12,15-16H2,1H3/p+1. The SMILES string of the molecule is Cc1cccc2nc(C[N+]3=C4C=CC=CC4C(=O)N(CCC(=O)NCc4ccco4)C3=O)cc(=O)n12. The number of fused-ring (bicyclic) bond motifs is 2. The smallest absolute Gasteiger partial charge is 0.467 e. The van der Waals surface area contributed by atoms with E-state index < -0.39 is 17.9 Å². The highest BCUT2D eigenvalue weighted by molar-refractivity contribution is 6.16. The molecule has 1 unspecified atom stereocenters. The van der Waals surface area contributed by atoms with Crippen molar-refractivity contribution in [3.8, 4) is 0 Å². The van der Waals surface area contributed by atoms with E-state index in [-0.39, 0.29) is 37.5 Å². The van der Waals surface area contributed by atoms with Crippen LogP contribution in [0.3, 0.4) is 0 Å². The number of nitrogens with one attached hydrogen (secondary N) is 1. The average molecular weight is 487 g/mol. The van der Waals surface area contributed by atoms with E-state index in [0.717, 1.165) is 10.6 Å². The van der Waals surface area contributed by atoms with Gasteiger partial charge < -0.3 is 9.73 Å². The van der Waals surface area contributed by atoms with Gasteiger partial charge in [-0.1, -0.05) is 24.3 Å². The molecule has 4 heterocycles. The van der Waals surface area contributed by atoms with Gasteiger partial charge in [-0.3, -0.25) is 14.0 Å². The molecule has 0 spiro atoms. The van der Waals surface area contributed by atoms with Crippen LogP contribution in [0.2, 0.25) is 0 Å². The number of rotatable bonds is 7. The summed E-state index contributed by atoms with van der Waals surface area (Å²) in [7, 11) is 0. The molecule has 0 saturated heterocycles. The van der Waals surface area contributed by atoms with Crippen LogP contribution in [-0.4, -0.2) is 49.0 Å². The molecule has 0 aromatic carbocycles. The Morgan fingerprint density at radius 2 is 2.03 bits per heavy atom. The zero-order chi connectivity index (χ0) is 25.2. The van der Waals surface area contributed by atoms with Crippen molar-refractivity contribution in [2.45, 2.75) is 26.4 Å². The number of pyridine rings is 1. The van der Waals surface area contributed by atoms with E-state index in [9.17, 15) is 19.2 Å². The molecule has 4 amide bonds. The Labute approximate surface area is 205 Å². The topological polar surface area (TPSA) is 117 Å². The Bertz CT molecular complexity index is 1510. The Morgan fingerprint density at radius 1 is 1.17 bits per heavy atom. The van der Waals surface area contributed by atoms with Gasteiger partial charge in [-0.2, -0.15) is 14.3 Å². The number of hydrogen-bond donors (Lipinski definition) is 1. The maximum atomic E-state index is 13.4. The fraction of sp³-hybridized carbons (Fsp3) is 0.231. The first-order chi connectivity index (χ1) is 17.4. The molecule has 36 heavy (non-hydrogen) atoms. The summed E-state index contributed by atoms with van der Waals surface area (Å²) in [5.41, 5.74) is 1.89. The zero-order valence-electron chi connectivity index (χ0n) is 19.6. The highest BCUT2D eigenvalue weighted by atomic mass is 16.3. The first kappa shape index (κ1) is 23.2. The van der Waals surface area contributed by atoms with E-state index in [4.69, 9.17) is 4.42 Å². The Kier molecular flexibility index (Phi) is 6.16. The number of urea groups is 1. The zero-order valence-corrected chi connectivity index (χ0v) is 19.6. The van der Waals surface area contributed by atoms with Gasteiger partial charge in [0.1, 0.15) is 36.1 Å². The van der Waals surface area contributed by atoms with Crippen molar-refractivity contribution in [2.75, 3.05) is 6.54 Å². The molecule has 2 aliphatic rings. The Morgan fingerprint density at radius 3 is 2.83 bits per heavy atom. The molecule has 1 aliphatic heterocycles. The van der Waals surface area contributed by atoms with Gasteiger partial charge in [0.2, 0.25) is 5.91 Å². The Balaban J connectivity index is 1.39. The second kappa shape index (κ2) is 9.57. The van der Waals surface area contributed by atoms with Gasteiger partial charge in [0.25, 0.3) is 5.56 Å². The fourth-order valence-corrected chi connectivity index (χ4v) is 4.39. The molecule has 1 N–H and O–H groups in total. The predicted octanol–water partition coefficient (Wildman–Crippen LogP) is 1.96. The minimum absolute atomic E-state index is 0.0109. The van der Waals surface area contributed by atoms with Crippen molar-refractivity contribution in [3.05, 3.63) is 94.5 Å². The van der Waals surface area contributed by atoms with E-state index in [1.165, 1.54) is 21.3 Å². The first-order valence-corrected chi connectivity index (χ1v) is 11.5. The first-order valence-electron chi connectivity index (χ1n) is 11.5. The number of aromatic nitrogens is 2. The monoisotopic (exact) mass is 486 g/mol. The minimum Gasteiger partial charge on any atom is -0.467 e. The lowest BCUT2D eigenvalue weighted by atomic mass is 9.94. The van der Waals surface area contributed by atoms with Gasteiger partial charge in [-0.25, -0.2) is 9.78 Å². The van der Waals surface area contributed by atoms with Crippen LogP contribution in [-0.2, 0) is 22.7 Å². The third-order valence-electron chi connectivity index (χ3n) is 6.16. The van der Waals surface area contributed by atoms with Gasteiger partial charge >= 0.3 is 11.9 Å². The van der Waals surface area contributed by atoms with Crippen LogP contribution in [0.25, 0.3) is 5.65 Å². The van der Waals surface area contributed by atoms with Crippen molar-refractivity contribution in [1.29, 1.82) is 0 Å². The van der Waals surface area contributed by atoms with Gasteiger partial charge in [-0.05, 0) is 37.3 Å². The summed E-state index contributed by atoms with van der Waals surface area (Å²) in [6.07, 6.45) is 8.39. The highest BCUT2D eigenvalue weighted by Gasteiger charge is 2.46. The molecule has 3 aromatic heterocycles. The third-order valence-corrected chi connectivity index (χ3v) is 6.16. The third kappa shape index (κ3) is 4.40. The van der Waals surface area contributed by atoms with Crippen molar-refractivity contribution in [3.63, 3.8) is 0 Å². The number of amides is 4. The number of aryl methyl sites for hydroxylation is 1. The molecule has 1 aliphatic carbocycles. The molecular formula is C26H24N5O5+. The van der Waals surface area contributed by atoms with Crippen LogP contribution in [0.4, 0.5) is 4.79 Å². The summed E-state index contributed by atoms with van der Waals surface area (Å²) in [6.45, 7) is 1.97. The molecule has 5 rings (SSSR count). The lowest BCUT2D eigenvalue weighted by Gasteiger charge is -2.26. The van der Waals surface area contributed by atoms with Crippen LogP contribution in [0, 0.1) is 12.8 Å². The molecule has 3 aromatic rings. The molecule has 10 heteroatoms. The summed E-state index contributed by atoms with van der Waals surface area (Å²) in [5.74, 6) is -0.769. The van der Waals surface area contributed by atoms with Crippen molar-refractivity contribution in [1.82, 2.24) is 19.6 Å². The van der Waals surface area contributed by atoms with Crippen molar-refractivity contribution >= 4 is 29.2 Å². The number of carbonyl (C=O) groups is 3. The lowest BCUT2D eigenvalue weighted by Crippen LogP contribution is -2.54. The number of hydrogen-bond acceptors (Lipinski definition) is 6. The summed E-state index contributed by atoms with van der Waals surface area (Å²) < 4.78 is 8.14. The van der Waals surface area contributed by atoms with Crippen LogP contribution >= 0.6 is 0 Å². The summed E-state index contributed by atoms with van der Waals surface area (Å²) >= 11 is 0. The van der Waals surface area contributed by atoms with Crippen molar-refractivity contribution in [2.24, 2.45) is 5.92 Å². The number of imide groups is 1. The van der Waals surface area contributed by atoms with Crippen LogP contribution in [0.5, 0.6) is 0 Å². The van der Waals surface area contributed by atoms with E-state index in [1.54, 1.807) is 42.5 Å². The van der Waals surface area contributed by atoms with E-state index >= 15 is 0 Å². The van der Waals surface area contributed by atoms with Crippen LogP contribution in [0.1, 0.15) is 23.6 Å². The highest BCUT2D eigenvalue weighted by Crippen LogP contribution is 2.21. The van der Waals surface area contributed by atoms with E-state index in [1.807, 2.05) is 19.1 Å².